The maximum Gasteiger partial charge on any atom is 0.229 e. The molecule has 26 heavy (non-hydrogen) atoms. The molecule has 0 radical (unpaired) electrons. The number of hydrogen-bond donors (Lipinski definition) is 2. The van der Waals surface area contributed by atoms with E-state index in [0.29, 0.717) is 12.0 Å². The summed E-state index contributed by atoms with van der Waals surface area (Å²) in [5.41, 5.74) is 1.76. The second kappa shape index (κ2) is 8.94. The summed E-state index contributed by atoms with van der Waals surface area (Å²) in [4.78, 5) is 11.6. The number of anilines is 3. The number of aryl methyl sites for hydroxylation is 1. The molecule has 1 aromatic heterocycles. The summed E-state index contributed by atoms with van der Waals surface area (Å²) in [6.45, 7) is 3.27. The fourth-order valence-electron chi connectivity index (χ4n) is 3.48. The zero-order valence-corrected chi connectivity index (χ0v) is 15.3. The summed E-state index contributed by atoms with van der Waals surface area (Å²) in [7, 11) is 0. The molecule has 2 aromatic rings. The van der Waals surface area contributed by atoms with Gasteiger partial charge in [0.15, 0.2) is 0 Å². The van der Waals surface area contributed by atoms with Crippen molar-refractivity contribution in [1.82, 2.24) is 9.97 Å². The summed E-state index contributed by atoms with van der Waals surface area (Å²) >= 11 is 0. The van der Waals surface area contributed by atoms with Crippen LogP contribution in [0.4, 0.5) is 21.8 Å². The maximum absolute atomic E-state index is 13.1. The first-order chi connectivity index (χ1) is 12.7. The number of aliphatic hydroxyl groups is 1. The highest BCUT2D eigenvalue weighted by Crippen LogP contribution is 2.27. The maximum atomic E-state index is 13.1. The molecule has 5 nitrogen and oxygen atoms in total. The molecule has 1 atom stereocenters. The molecule has 1 saturated heterocycles. The van der Waals surface area contributed by atoms with Crippen molar-refractivity contribution >= 4 is 17.5 Å². The number of nitrogens with zero attached hydrogens (tertiary/aromatic N) is 3. The van der Waals surface area contributed by atoms with Crippen LogP contribution in [0.2, 0.25) is 0 Å². The standard InChI is InChI=1S/C20H27FN4O/c1-2-5-17-14-19(25-12-4-3-6-18(25)11-13-26)24-20(23-17)22-16-9-7-15(21)8-10-16/h7-10,14,18,26H,2-6,11-13H2,1H3,(H,22,23,24). The van der Waals surface area contributed by atoms with Gasteiger partial charge in [0.2, 0.25) is 5.95 Å². The van der Waals surface area contributed by atoms with Crippen LogP contribution in [0.1, 0.15) is 44.7 Å². The van der Waals surface area contributed by atoms with Gasteiger partial charge < -0.3 is 15.3 Å². The highest BCUT2D eigenvalue weighted by Gasteiger charge is 2.24. The molecule has 0 aliphatic carbocycles. The molecule has 2 heterocycles. The van der Waals surface area contributed by atoms with E-state index in [4.69, 9.17) is 4.98 Å². The van der Waals surface area contributed by atoms with Crippen LogP contribution in [-0.4, -0.2) is 34.3 Å². The second-order valence-electron chi connectivity index (χ2n) is 6.78. The van der Waals surface area contributed by atoms with E-state index in [1.54, 1.807) is 12.1 Å². The van der Waals surface area contributed by atoms with Gasteiger partial charge in [-0.15, -0.1) is 0 Å². The highest BCUT2D eigenvalue weighted by atomic mass is 19.1. The van der Waals surface area contributed by atoms with Crippen LogP contribution in [0.15, 0.2) is 30.3 Å². The Bertz CT molecular complexity index is 705. The average Bonchev–Trinajstić information content (AvgIpc) is 2.64. The Hall–Kier alpha value is -2.21. The van der Waals surface area contributed by atoms with E-state index in [-0.39, 0.29) is 12.4 Å². The molecular formula is C20H27FN4O. The van der Waals surface area contributed by atoms with E-state index in [1.807, 2.05) is 0 Å². The quantitative estimate of drug-likeness (QED) is 0.782. The lowest BCUT2D eigenvalue weighted by atomic mass is 9.99. The van der Waals surface area contributed by atoms with E-state index >= 15 is 0 Å². The van der Waals surface area contributed by atoms with Crippen LogP contribution < -0.4 is 10.2 Å². The number of benzene rings is 1. The Morgan fingerprint density at radius 2 is 2.04 bits per heavy atom. The highest BCUT2D eigenvalue weighted by molar-refractivity contribution is 5.56. The Morgan fingerprint density at radius 3 is 2.77 bits per heavy atom. The van der Waals surface area contributed by atoms with E-state index in [0.717, 1.165) is 55.8 Å². The van der Waals surface area contributed by atoms with Gasteiger partial charge in [-0.1, -0.05) is 13.3 Å². The van der Waals surface area contributed by atoms with Crippen molar-refractivity contribution in [3.8, 4) is 0 Å². The predicted molar refractivity (Wildman–Crippen MR) is 102 cm³/mol. The first-order valence-corrected chi connectivity index (χ1v) is 9.47. The van der Waals surface area contributed by atoms with Crippen molar-refractivity contribution < 1.29 is 9.50 Å². The predicted octanol–water partition coefficient (Wildman–Crippen LogP) is 4.05. The van der Waals surface area contributed by atoms with Crippen molar-refractivity contribution in [2.45, 2.75) is 51.5 Å². The topological polar surface area (TPSA) is 61.3 Å². The summed E-state index contributed by atoms with van der Waals surface area (Å²) < 4.78 is 13.1. The smallest absolute Gasteiger partial charge is 0.229 e. The third-order valence-electron chi connectivity index (χ3n) is 4.76. The Kier molecular flexibility index (Phi) is 6.39. The molecule has 140 valence electrons. The van der Waals surface area contributed by atoms with Gasteiger partial charge in [-0.25, -0.2) is 9.37 Å². The van der Waals surface area contributed by atoms with E-state index in [1.165, 1.54) is 18.6 Å². The molecule has 1 fully saturated rings. The lowest BCUT2D eigenvalue weighted by Gasteiger charge is -2.36. The molecule has 0 spiro atoms. The third-order valence-corrected chi connectivity index (χ3v) is 4.76. The number of aliphatic hydroxyl groups excluding tert-OH is 1. The number of nitrogens with one attached hydrogen (secondary N) is 1. The van der Waals surface area contributed by atoms with Crippen molar-refractivity contribution in [2.24, 2.45) is 0 Å². The van der Waals surface area contributed by atoms with Crippen molar-refractivity contribution in [3.05, 3.63) is 41.8 Å². The zero-order valence-electron chi connectivity index (χ0n) is 15.3. The fraction of sp³-hybridized carbons (Fsp3) is 0.500. The molecular weight excluding hydrogens is 331 g/mol. The minimum Gasteiger partial charge on any atom is -0.396 e. The van der Waals surface area contributed by atoms with Crippen LogP contribution >= 0.6 is 0 Å². The Morgan fingerprint density at radius 1 is 1.23 bits per heavy atom. The average molecular weight is 358 g/mol. The minimum atomic E-state index is -0.267. The summed E-state index contributed by atoms with van der Waals surface area (Å²) in [6.07, 6.45) is 6.05. The van der Waals surface area contributed by atoms with Gasteiger partial charge in [-0.05, 0) is 56.4 Å². The largest absolute Gasteiger partial charge is 0.396 e. The molecule has 0 amide bonds. The summed E-state index contributed by atoms with van der Waals surface area (Å²) in [6, 6.07) is 8.58. The van der Waals surface area contributed by atoms with E-state index in [9.17, 15) is 9.50 Å². The first kappa shape index (κ1) is 18.6. The van der Waals surface area contributed by atoms with Crippen LogP contribution in [0.25, 0.3) is 0 Å². The van der Waals surface area contributed by atoms with Crippen LogP contribution in [0.5, 0.6) is 0 Å². The molecule has 6 heteroatoms. The number of aromatic nitrogens is 2. The lowest BCUT2D eigenvalue weighted by Crippen LogP contribution is -2.40. The molecule has 3 rings (SSSR count). The summed E-state index contributed by atoms with van der Waals surface area (Å²) in [5, 5.41) is 12.6. The normalized spacial score (nSPS) is 17.3. The van der Waals surface area contributed by atoms with Crippen molar-refractivity contribution in [3.63, 3.8) is 0 Å². The van der Waals surface area contributed by atoms with Crippen LogP contribution in [0.3, 0.4) is 0 Å². The van der Waals surface area contributed by atoms with Gasteiger partial charge in [0.25, 0.3) is 0 Å². The number of halogens is 1. The number of hydrogen-bond acceptors (Lipinski definition) is 5. The number of piperidine rings is 1. The van der Waals surface area contributed by atoms with Gasteiger partial charge in [-0.2, -0.15) is 4.98 Å². The lowest BCUT2D eigenvalue weighted by molar-refractivity contribution is 0.262. The first-order valence-electron chi connectivity index (χ1n) is 9.47. The van der Waals surface area contributed by atoms with Crippen molar-refractivity contribution in [2.75, 3.05) is 23.4 Å². The van der Waals surface area contributed by atoms with Crippen molar-refractivity contribution in [1.29, 1.82) is 0 Å². The monoisotopic (exact) mass is 358 g/mol. The van der Waals surface area contributed by atoms with E-state index in [2.05, 4.69) is 28.2 Å². The van der Waals surface area contributed by atoms with Gasteiger partial charge in [0.05, 0.1) is 0 Å². The fourth-order valence-corrected chi connectivity index (χ4v) is 3.48. The van der Waals surface area contributed by atoms with Gasteiger partial charge >= 0.3 is 0 Å². The van der Waals surface area contributed by atoms with Crippen LogP contribution in [-0.2, 0) is 6.42 Å². The SMILES string of the molecule is CCCc1cc(N2CCCCC2CCO)nc(Nc2ccc(F)cc2)n1. The molecule has 0 saturated carbocycles. The second-order valence-corrected chi connectivity index (χ2v) is 6.78. The van der Waals surface area contributed by atoms with Gasteiger partial charge in [0.1, 0.15) is 11.6 Å². The Balaban J connectivity index is 1.88. The zero-order chi connectivity index (χ0) is 18.4. The van der Waals surface area contributed by atoms with Gasteiger partial charge in [0, 0.05) is 36.6 Å². The molecule has 1 aromatic carbocycles. The third kappa shape index (κ3) is 4.69. The van der Waals surface area contributed by atoms with Gasteiger partial charge in [-0.3, -0.25) is 0 Å². The minimum absolute atomic E-state index is 0.189. The number of rotatable bonds is 7. The molecule has 1 unspecified atom stereocenters. The molecule has 0 bridgehead atoms. The van der Waals surface area contributed by atoms with Crippen LogP contribution in [0, 0.1) is 5.82 Å². The van der Waals surface area contributed by atoms with E-state index < -0.39 is 0 Å². The molecule has 1 aliphatic heterocycles. The Labute approximate surface area is 154 Å². The molecule has 2 N–H and O–H groups in total. The molecule has 1 aliphatic rings. The summed E-state index contributed by atoms with van der Waals surface area (Å²) in [5.74, 6) is 1.18.